The highest BCUT2D eigenvalue weighted by atomic mass is 127. The average molecular weight is 526 g/mol. The predicted octanol–water partition coefficient (Wildman–Crippen LogP) is 3.21. The summed E-state index contributed by atoms with van der Waals surface area (Å²) in [4.78, 5) is 7.01. The Hall–Kier alpha value is -1.91. The number of halogens is 1. The van der Waals surface area contributed by atoms with E-state index in [9.17, 15) is 8.42 Å². The van der Waals surface area contributed by atoms with Gasteiger partial charge < -0.3 is 10.2 Å². The molecule has 0 amide bonds. The van der Waals surface area contributed by atoms with E-state index in [0.717, 1.165) is 37.6 Å². The monoisotopic (exact) mass is 526 g/mol. The van der Waals surface area contributed by atoms with Crippen LogP contribution in [0, 0.1) is 0 Å². The standard InChI is InChI=1S/C21H26N4O2S.HI/c1-2-23-21(24-16-17-7-6-10-20(15-17)28(22,26)27)25-13-11-19(12-14-25)18-8-4-3-5-9-18;/h3-11,15H,2,12-14,16H2,1H3,(H,23,24)(H2,22,26,27);1H. The average Bonchev–Trinajstić information content (AvgIpc) is 2.71. The number of hydrogen-bond donors (Lipinski definition) is 2. The molecular weight excluding hydrogens is 499 g/mol. The first kappa shape index (κ1) is 23.4. The third-order valence-electron chi connectivity index (χ3n) is 4.63. The smallest absolute Gasteiger partial charge is 0.238 e. The van der Waals surface area contributed by atoms with E-state index in [4.69, 9.17) is 10.1 Å². The van der Waals surface area contributed by atoms with Gasteiger partial charge in [-0.25, -0.2) is 18.5 Å². The van der Waals surface area contributed by atoms with Gasteiger partial charge in [0.15, 0.2) is 5.96 Å². The molecular formula is C21H27IN4O2S. The van der Waals surface area contributed by atoms with Gasteiger partial charge in [0, 0.05) is 19.6 Å². The minimum Gasteiger partial charge on any atom is -0.356 e. The second kappa shape index (κ2) is 10.7. The molecule has 0 saturated carbocycles. The minimum absolute atomic E-state index is 0. The normalized spacial score (nSPS) is 14.8. The summed E-state index contributed by atoms with van der Waals surface area (Å²) in [6.07, 6.45) is 3.20. The van der Waals surface area contributed by atoms with Crippen molar-refractivity contribution in [3.05, 3.63) is 71.8 Å². The predicted molar refractivity (Wildman–Crippen MR) is 129 cm³/mol. The second-order valence-electron chi connectivity index (χ2n) is 6.65. The molecule has 0 saturated heterocycles. The third-order valence-corrected chi connectivity index (χ3v) is 5.54. The number of aliphatic imine (C=N–C) groups is 1. The molecule has 3 N–H and O–H groups in total. The third kappa shape index (κ3) is 6.55. The Bertz CT molecular complexity index is 975. The van der Waals surface area contributed by atoms with Gasteiger partial charge >= 0.3 is 0 Å². The van der Waals surface area contributed by atoms with E-state index >= 15 is 0 Å². The highest BCUT2D eigenvalue weighted by Gasteiger charge is 2.16. The van der Waals surface area contributed by atoms with Gasteiger partial charge in [-0.3, -0.25) is 0 Å². The Morgan fingerprint density at radius 1 is 1.17 bits per heavy atom. The van der Waals surface area contributed by atoms with E-state index in [2.05, 4.69) is 40.6 Å². The summed E-state index contributed by atoms with van der Waals surface area (Å²) >= 11 is 0. The summed E-state index contributed by atoms with van der Waals surface area (Å²) in [7, 11) is -3.71. The van der Waals surface area contributed by atoms with Crippen molar-refractivity contribution >= 4 is 45.5 Å². The fourth-order valence-corrected chi connectivity index (χ4v) is 3.77. The maximum absolute atomic E-state index is 11.5. The minimum atomic E-state index is -3.71. The lowest BCUT2D eigenvalue weighted by atomic mass is 10.00. The zero-order valence-corrected chi connectivity index (χ0v) is 19.6. The number of nitrogens with two attached hydrogens (primary N) is 1. The van der Waals surface area contributed by atoms with Gasteiger partial charge in [-0.1, -0.05) is 48.5 Å². The first-order valence-corrected chi connectivity index (χ1v) is 10.9. The van der Waals surface area contributed by atoms with E-state index in [0.29, 0.717) is 6.54 Å². The Morgan fingerprint density at radius 3 is 2.55 bits per heavy atom. The zero-order chi connectivity index (χ0) is 20.0. The Morgan fingerprint density at radius 2 is 1.93 bits per heavy atom. The highest BCUT2D eigenvalue weighted by Crippen LogP contribution is 2.22. The summed E-state index contributed by atoms with van der Waals surface area (Å²) < 4.78 is 23.1. The molecule has 1 heterocycles. The van der Waals surface area contributed by atoms with Crippen molar-refractivity contribution in [2.75, 3.05) is 19.6 Å². The summed E-state index contributed by atoms with van der Waals surface area (Å²) in [5, 5.41) is 8.54. The fraction of sp³-hybridized carbons (Fsp3) is 0.286. The zero-order valence-electron chi connectivity index (χ0n) is 16.4. The Labute approximate surface area is 190 Å². The van der Waals surface area contributed by atoms with Gasteiger partial charge in [0.1, 0.15) is 0 Å². The summed E-state index contributed by atoms with van der Waals surface area (Å²) in [6.45, 7) is 4.85. The van der Waals surface area contributed by atoms with Crippen LogP contribution in [0.2, 0.25) is 0 Å². The van der Waals surface area contributed by atoms with Crippen LogP contribution in [0.4, 0.5) is 0 Å². The van der Waals surface area contributed by atoms with E-state index in [1.54, 1.807) is 12.1 Å². The Kier molecular flexibility index (Phi) is 8.66. The molecule has 0 bridgehead atoms. The van der Waals surface area contributed by atoms with Crippen LogP contribution in [-0.4, -0.2) is 38.9 Å². The van der Waals surface area contributed by atoms with Crippen molar-refractivity contribution in [3.8, 4) is 0 Å². The van der Waals surface area contributed by atoms with Crippen LogP contribution in [0.3, 0.4) is 0 Å². The lowest BCUT2D eigenvalue weighted by Gasteiger charge is -2.30. The molecule has 0 aliphatic carbocycles. The summed E-state index contributed by atoms with van der Waals surface area (Å²) in [5.41, 5.74) is 3.43. The van der Waals surface area contributed by atoms with E-state index < -0.39 is 10.0 Å². The molecule has 156 valence electrons. The van der Waals surface area contributed by atoms with Crippen LogP contribution in [-0.2, 0) is 16.6 Å². The van der Waals surface area contributed by atoms with Gasteiger partial charge in [-0.2, -0.15) is 0 Å². The van der Waals surface area contributed by atoms with Crippen molar-refractivity contribution in [1.82, 2.24) is 10.2 Å². The van der Waals surface area contributed by atoms with E-state index in [1.165, 1.54) is 17.2 Å². The maximum atomic E-state index is 11.5. The van der Waals surface area contributed by atoms with Gasteiger partial charge in [0.2, 0.25) is 10.0 Å². The van der Waals surface area contributed by atoms with Crippen molar-refractivity contribution in [3.63, 3.8) is 0 Å². The number of guanidine groups is 1. The first-order chi connectivity index (χ1) is 13.5. The molecule has 0 aromatic heterocycles. The SMILES string of the molecule is CCNC(=NCc1cccc(S(N)(=O)=O)c1)N1CC=C(c2ccccc2)CC1.I. The molecule has 1 aliphatic heterocycles. The Balaban J connectivity index is 0.00000300. The molecule has 0 radical (unpaired) electrons. The molecule has 29 heavy (non-hydrogen) atoms. The number of sulfonamides is 1. The second-order valence-corrected chi connectivity index (χ2v) is 8.22. The van der Waals surface area contributed by atoms with E-state index in [-0.39, 0.29) is 28.9 Å². The largest absolute Gasteiger partial charge is 0.356 e. The van der Waals surface area contributed by atoms with Gasteiger partial charge in [0.25, 0.3) is 0 Å². The van der Waals surface area contributed by atoms with Crippen molar-refractivity contribution in [1.29, 1.82) is 0 Å². The molecule has 2 aromatic carbocycles. The molecule has 6 nitrogen and oxygen atoms in total. The topological polar surface area (TPSA) is 87.8 Å². The number of nitrogens with one attached hydrogen (secondary N) is 1. The first-order valence-electron chi connectivity index (χ1n) is 9.37. The molecule has 0 spiro atoms. The number of hydrogen-bond acceptors (Lipinski definition) is 3. The molecule has 8 heteroatoms. The van der Waals surface area contributed by atoms with Crippen LogP contribution >= 0.6 is 24.0 Å². The van der Waals surface area contributed by atoms with Crippen LogP contribution in [0.15, 0.2) is 70.6 Å². The lowest BCUT2D eigenvalue weighted by Crippen LogP contribution is -2.43. The highest BCUT2D eigenvalue weighted by molar-refractivity contribution is 14.0. The van der Waals surface area contributed by atoms with Gasteiger partial charge in [-0.05, 0) is 42.2 Å². The quantitative estimate of drug-likeness (QED) is 0.356. The molecule has 0 unspecified atom stereocenters. The van der Waals surface area contributed by atoms with E-state index in [1.807, 2.05) is 19.1 Å². The van der Waals surface area contributed by atoms with Crippen molar-refractivity contribution < 1.29 is 8.42 Å². The molecule has 1 aliphatic rings. The molecule has 3 rings (SSSR count). The molecule has 0 atom stereocenters. The van der Waals surface area contributed by atoms with Crippen molar-refractivity contribution in [2.24, 2.45) is 10.1 Å². The van der Waals surface area contributed by atoms with Gasteiger partial charge in [-0.15, -0.1) is 24.0 Å². The molecule has 0 fully saturated rings. The lowest BCUT2D eigenvalue weighted by molar-refractivity contribution is 0.440. The number of rotatable bonds is 5. The number of nitrogens with zero attached hydrogens (tertiary/aromatic N) is 2. The van der Waals surface area contributed by atoms with Crippen LogP contribution in [0.1, 0.15) is 24.5 Å². The van der Waals surface area contributed by atoms with Crippen LogP contribution < -0.4 is 10.5 Å². The van der Waals surface area contributed by atoms with Crippen molar-refractivity contribution in [2.45, 2.75) is 24.8 Å². The maximum Gasteiger partial charge on any atom is 0.238 e. The van der Waals surface area contributed by atoms with Gasteiger partial charge in [0.05, 0.1) is 11.4 Å². The molecule has 2 aromatic rings. The number of benzene rings is 2. The summed E-state index contributed by atoms with van der Waals surface area (Å²) in [6, 6.07) is 17.0. The number of primary sulfonamides is 1. The van der Waals surface area contributed by atoms with Crippen LogP contribution in [0.25, 0.3) is 5.57 Å². The summed E-state index contributed by atoms with van der Waals surface area (Å²) in [5.74, 6) is 0.826. The fourth-order valence-electron chi connectivity index (χ4n) is 3.19. The van der Waals surface area contributed by atoms with Crippen LogP contribution in [0.5, 0.6) is 0 Å².